The molecule has 0 aliphatic carbocycles. The Labute approximate surface area is 200 Å². The minimum Gasteiger partial charge on any atom is -0.496 e. The molecule has 0 saturated carbocycles. The first-order chi connectivity index (χ1) is 14.8. The molecule has 0 heterocycles. The second-order valence-corrected chi connectivity index (χ2v) is 10.8. The number of nitrogens with one attached hydrogen (secondary N) is 1. The molecule has 0 radical (unpaired) electrons. The fraction of sp³-hybridized carbons (Fsp3) is 0.435. The van der Waals surface area contributed by atoms with Gasteiger partial charge in [-0.15, -0.1) is 0 Å². The molecule has 2 atom stereocenters. The molecule has 0 aromatic heterocycles. The normalized spacial score (nSPS) is 13.6. The molecule has 9 heteroatoms. The number of amides is 1. The van der Waals surface area contributed by atoms with Crippen molar-refractivity contribution >= 4 is 44.8 Å². The van der Waals surface area contributed by atoms with E-state index in [0.717, 1.165) is 33.0 Å². The number of sulfonamides is 1. The Balaban J connectivity index is 2.35. The summed E-state index contributed by atoms with van der Waals surface area (Å²) < 4.78 is 31.6. The summed E-state index contributed by atoms with van der Waals surface area (Å²) in [5, 5.41) is 3.44. The second kappa shape index (κ2) is 10.3. The average molecular weight is 501 g/mol. The lowest BCUT2D eigenvalue weighted by molar-refractivity contribution is -0.122. The predicted molar refractivity (Wildman–Crippen MR) is 132 cm³/mol. The van der Waals surface area contributed by atoms with E-state index in [1.54, 1.807) is 7.11 Å². The molecule has 0 spiro atoms. The van der Waals surface area contributed by atoms with Gasteiger partial charge in [-0.1, -0.05) is 37.0 Å². The minimum absolute atomic E-state index is 0.203. The second-order valence-electron chi connectivity index (χ2n) is 8.17. The van der Waals surface area contributed by atoms with Gasteiger partial charge in [-0.2, -0.15) is 0 Å². The quantitative estimate of drug-likeness (QED) is 0.521. The van der Waals surface area contributed by atoms with E-state index in [0.29, 0.717) is 5.02 Å². The van der Waals surface area contributed by atoms with Crippen molar-refractivity contribution in [1.29, 1.82) is 0 Å². The monoisotopic (exact) mass is 500 g/mol. The molecule has 0 fully saturated rings. The lowest BCUT2D eigenvalue weighted by Gasteiger charge is -2.30. The maximum atomic E-state index is 13.1. The Morgan fingerprint density at radius 2 is 1.66 bits per heavy atom. The molecule has 1 amide bonds. The molecule has 0 unspecified atom stereocenters. The van der Waals surface area contributed by atoms with Crippen LogP contribution in [0.5, 0.6) is 5.75 Å². The molecule has 2 aromatic rings. The van der Waals surface area contributed by atoms with Crippen molar-refractivity contribution in [2.75, 3.05) is 17.7 Å². The highest BCUT2D eigenvalue weighted by molar-refractivity contribution is 7.92. The SMILES string of the molecule is COc1cc(C)c([C@H](C)NC(=O)[C@@H](C)N(c2ccc(Cl)c(Cl)c2)S(C)(=O)=O)cc1C(C)C. The van der Waals surface area contributed by atoms with Crippen LogP contribution in [0.3, 0.4) is 0 Å². The highest BCUT2D eigenvalue weighted by atomic mass is 35.5. The van der Waals surface area contributed by atoms with Crippen molar-refractivity contribution in [3.05, 3.63) is 57.1 Å². The molecular weight excluding hydrogens is 471 g/mol. The number of hydrogen-bond acceptors (Lipinski definition) is 4. The summed E-state index contributed by atoms with van der Waals surface area (Å²) in [7, 11) is -2.14. The highest BCUT2D eigenvalue weighted by Crippen LogP contribution is 2.33. The maximum Gasteiger partial charge on any atom is 0.244 e. The van der Waals surface area contributed by atoms with Gasteiger partial charge in [-0.25, -0.2) is 8.42 Å². The van der Waals surface area contributed by atoms with Gasteiger partial charge in [0.15, 0.2) is 0 Å². The van der Waals surface area contributed by atoms with Crippen LogP contribution in [0.2, 0.25) is 10.0 Å². The van der Waals surface area contributed by atoms with E-state index in [-0.39, 0.29) is 22.7 Å². The van der Waals surface area contributed by atoms with E-state index >= 15 is 0 Å². The van der Waals surface area contributed by atoms with Crippen molar-refractivity contribution < 1.29 is 17.9 Å². The number of methoxy groups -OCH3 is 1. The van der Waals surface area contributed by atoms with E-state index in [4.69, 9.17) is 27.9 Å². The Kier molecular flexibility index (Phi) is 8.48. The molecule has 0 aliphatic heterocycles. The number of ether oxygens (including phenoxy) is 1. The van der Waals surface area contributed by atoms with Gasteiger partial charge >= 0.3 is 0 Å². The predicted octanol–water partition coefficient (Wildman–Crippen LogP) is 5.47. The molecule has 32 heavy (non-hydrogen) atoms. The third kappa shape index (κ3) is 5.88. The summed E-state index contributed by atoms with van der Waals surface area (Å²) >= 11 is 12.0. The molecule has 0 saturated heterocycles. The fourth-order valence-electron chi connectivity index (χ4n) is 3.65. The Hall–Kier alpha value is -1.96. The van der Waals surface area contributed by atoms with E-state index in [1.807, 2.05) is 26.0 Å². The molecule has 2 rings (SSSR count). The summed E-state index contributed by atoms with van der Waals surface area (Å²) in [5.41, 5.74) is 3.21. The fourth-order valence-corrected chi connectivity index (χ4v) is 5.11. The van der Waals surface area contributed by atoms with Gasteiger partial charge in [-0.3, -0.25) is 9.10 Å². The van der Waals surface area contributed by atoms with E-state index < -0.39 is 22.0 Å². The number of carbonyl (C=O) groups is 1. The van der Waals surface area contributed by atoms with Crippen molar-refractivity contribution in [3.63, 3.8) is 0 Å². The average Bonchev–Trinajstić information content (AvgIpc) is 2.68. The maximum absolute atomic E-state index is 13.1. The first kappa shape index (κ1) is 26.3. The number of rotatable bonds is 8. The standard InChI is InChI=1S/C23H30Cl2N2O4S/c1-13(2)18-12-19(14(3)10-22(18)31-6)15(4)26-23(28)16(5)27(32(7,29)30)17-8-9-20(24)21(25)11-17/h8-13,15-16H,1-7H3,(H,26,28)/t15-,16+/m0/s1. The lowest BCUT2D eigenvalue weighted by atomic mass is 9.93. The lowest BCUT2D eigenvalue weighted by Crippen LogP contribution is -2.48. The summed E-state index contributed by atoms with van der Waals surface area (Å²) in [5.74, 6) is 0.604. The Bertz CT molecular complexity index is 1100. The zero-order chi connectivity index (χ0) is 24.4. The Morgan fingerprint density at radius 1 is 1.03 bits per heavy atom. The zero-order valence-electron chi connectivity index (χ0n) is 19.4. The van der Waals surface area contributed by atoms with Crippen molar-refractivity contribution in [2.24, 2.45) is 0 Å². The van der Waals surface area contributed by atoms with E-state index in [1.165, 1.54) is 25.1 Å². The van der Waals surface area contributed by atoms with Crippen molar-refractivity contribution in [3.8, 4) is 5.75 Å². The van der Waals surface area contributed by atoms with Gasteiger partial charge in [0.05, 0.1) is 35.1 Å². The minimum atomic E-state index is -3.77. The molecule has 0 bridgehead atoms. The van der Waals surface area contributed by atoms with Crippen LogP contribution in [0.4, 0.5) is 5.69 Å². The van der Waals surface area contributed by atoms with E-state index in [2.05, 4.69) is 19.2 Å². The Morgan fingerprint density at radius 3 is 2.16 bits per heavy atom. The van der Waals surface area contributed by atoms with Crippen molar-refractivity contribution in [1.82, 2.24) is 5.32 Å². The number of halogens is 2. The van der Waals surface area contributed by atoms with Crippen LogP contribution in [0, 0.1) is 6.92 Å². The van der Waals surface area contributed by atoms with Crippen LogP contribution in [0.15, 0.2) is 30.3 Å². The van der Waals surface area contributed by atoms with Crippen LogP contribution in [-0.4, -0.2) is 33.7 Å². The van der Waals surface area contributed by atoms with Gasteiger partial charge < -0.3 is 10.1 Å². The summed E-state index contributed by atoms with van der Waals surface area (Å²) in [4.78, 5) is 13.1. The number of aryl methyl sites for hydroxylation is 1. The highest BCUT2D eigenvalue weighted by Gasteiger charge is 2.30. The summed E-state index contributed by atoms with van der Waals surface area (Å²) in [6.45, 7) is 9.50. The van der Waals surface area contributed by atoms with Gasteiger partial charge in [0.2, 0.25) is 15.9 Å². The largest absolute Gasteiger partial charge is 0.496 e. The molecule has 6 nitrogen and oxygen atoms in total. The first-order valence-electron chi connectivity index (χ1n) is 10.2. The van der Waals surface area contributed by atoms with Crippen LogP contribution < -0.4 is 14.4 Å². The molecule has 2 aromatic carbocycles. The number of nitrogens with zero attached hydrogens (tertiary/aromatic N) is 1. The van der Waals surface area contributed by atoms with Gasteiger partial charge in [-0.05, 0) is 73.7 Å². The van der Waals surface area contributed by atoms with Crippen LogP contribution in [0.1, 0.15) is 56.3 Å². The topological polar surface area (TPSA) is 75.7 Å². The van der Waals surface area contributed by atoms with Crippen LogP contribution in [0.25, 0.3) is 0 Å². The molecule has 176 valence electrons. The first-order valence-corrected chi connectivity index (χ1v) is 12.8. The number of carbonyl (C=O) groups excluding carboxylic acids is 1. The smallest absolute Gasteiger partial charge is 0.244 e. The molecular formula is C23H30Cl2N2O4S. The molecule has 0 aliphatic rings. The van der Waals surface area contributed by atoms with Gasteiger partial charge in [0.1, 0.15) is 11.8 Å². The van der Waals surface area contributed by atoms with Crippen LogP contribution in [-0.2, 0) is 14.8 Å². The third-order valence-electron chi connectivity index (χ3n) is 5.31. The number of benzene rings is 2. The van der Waals surface area contributed by atoms with Crippen molar-refractivity contribution in [2.45, 2.75) is 52.6 Å². The van der Waals surface area contributed by atoms with Gasteiger partial charge in [0.25, 0.3) is 0 Å². The third-order valence-corrected chi connectivity index (χ3v) is 7.29. The summed E-state index contributed by atoms with van der Waals surface area (Å²) in [6.07, 6.45) is 1.05. The zero-order valence-corrected chi connectivity index (χ0v) is 21.7. The summed E-state index contributed by atoms with van der Waals surface area (Å²) in [6, 6.07) is 7.08. The van der Waals surface area contributed by atoms with E-state index in [9.17, 15) is 13.2 Å². The van der Waals surface area contributed by atoms with Gasteiger partial charge in [0, 0.05) is 0 Å². The molecule has 1 N–H and O–H groups in total. The number of hydrogen-bond donors (Lipinski definition) is 1. The van der Waals surface area contributed by atoms with Crippen LogP contribution >= 0.6 is 23.2 Å². The number of anilines is 1.